The van der Waals surface area contributed by atoms with Gasteiger partial charge in [0, 0.05) is 26.1 Å². The van der Waals surface area contributed by atoms with Crippen LogP contribution in [0.4, 0.5) is 0 Å². The van der Waals surface area contributed by atoms with Crippen LogP contribution < -0.4 is 5.73 Å². The van der Waals surface area contributed by atoms with Crippen LogP contribution in [0.1, 0.15) is 20.3 Å². The van der Waals surface area contributed by atoms with E-state index in [1.807, 2.05) is 6.92 Å². The molecule has 0 radical (unpaired) electrons. The normalized spacial score (nSPS) is 12.2. The summed E-state index contributed by atoms with van der Waals surface area (Å²) in [6.45, 7) is 4.49. The summed E-state index contributed by atoms with van der Waals surface area (Å²) in [5.74, 6) is -1.50. The van der Waals surface area contributed by atoms with Crippen LogP contribution in [0.15, 0.2) is 0 Å². The Kier molecular flexibility index (Phi) is 5.87. The average molecular weight is 202 g/mol. The lowest BCUT2D eigenvalue weighted by molar-refractivity contribution is -0.143. The summed E-state index contributed by atoms with van der Waals surface area (Å²) in [6, 6.07) is 0. The second kappa shape index (κ2) is 6.37. The minimum atomic E-state index is -0.885. The molecule has 0 saturated carbocycles. The van der Waals surface area contributed by atoms with Crippen molar-refractivity contribution in [2.24, 2.45) is 11.7 Å². The molecule has 1 amide bonds. The second-order valence-electron chi connectivity index (χ2n) is 3.21. The largest absolute Gasteiger partial charge is 0.481 e. The fraction of sp³-hybridized carbons (Fsp3) is 0.778. The summed E-state index contributed by atoms with van der Waals surface area (Å²) in [5.41, 5.74) is 5.25. The van der Waals surface area contributed by atoms with Crippen LogP contribution >= 0.6 is 0 Å². The smallest absolute Gasteiger partial charge is 0.308 e. The summed E-state index contributed by atoms with van der Waals surface area (Å²) < 4.78 is 0. The summed E-state index contributed by atoms with van der Waals surface area (Å²) in [7, 11) is 0. The molecule has 5 heteroatoms. The quantitative estimate of drug-likeness (QED) is 0.630. The van der Waals surface area contributed by atoms with Gasteiger partial charge in [0.15, 0.2) is 0 Å². The van der Waals surface area contributed by atoms with Crippen molar-refractivity contribution >= 4 is 11.9 Å². The predicted molar refractivity (Wildman–Crippen MR) is 52.7 cm³/mol. The highest BCUT2D eigenvalue weighted by Gasteiger charge is 2.18. The zero-order valence-corrected chi connectivity index (χ0v) is 8.69. The molecule has 82 valence electrons. The molecule has 0 rings (SSSR count). The van der Waals surface area contributed by atoms with Crippen LogP contribution in [-0.4, -0.2) is 41.5 Å². The fourth-order valence-corrected chi connectivity index (χ4v) is 1.10. The number of rotatable bonds is 6. The number of carboxylic acids is 1. The molecule has 1 unspecified atom stereocenters. The molecule has 0 aliphatic carbocycles. The third kappa shape index (κ3) is 4.23. The van der Waals surface area contributed by atoms with Crippen LogP contribution in [0.2, 0.25) is 0 Å². The molecule has 0 aromatic carbocycles. The van der Waals surface area contributed by atoms with Crippen LogP contribution in [0, 0.1) is 5.92 Å². The summed E-state index contributed by atoms with van der Waals surface area (Å²) >= 11 is 0. The zero-order chi connectivity index (χ0) is 11.1. The van der Waals surface area contributed by atoms with E-state index >= 15 is 0 Å². The van der Waals surface area contributed by atoms with Gasteiger partial charge in [-0.2, -0.15) is 0 Å². The Morgan fingerprint density at radius 2 is 2.07 bits per heavy atom. The van der Waals surface area contributed by atoms with Gasteiger partial charge in [-0.25, -0.2) is 0 Å². The Morgan fingerprint density at radius 3 is 2.43 bits per heavy atom. The van der Waals surface area contributed by atoms with Gasteiger partial charge in [0.1, 0.15) is 0 Å². The molecule has 0 aliphatic rings. The van der Waals surface area contributed by atoms with Gasteiger partial charge in [0.2, 0.25) is 5.91 Å². The van der Waals surface area contributed by atoms with Gasteiger partial charge < -0.3 is 15.7 Å². The average Bonchev–Trinajstić information content (AvgIpc) is 2.13. The van der Waals surface area contributed by atoms with Gasteiger partial charge >= 0.3 is 5.97 Å². The van der Waals surface area contributed by atoms with E-state index in [-0.39, 0.29) is 18.9 Å². The molecule has 0 aromatic rings. The zero-order valence-electron chi connectivity index (χ0n) is 8.69. The van der Waals surface area contributed by atoms with E-state index < -0.39 is 11.9 Å². The number of nitrogens with zero attached hydrogens (tertiary/aromatic N) is 1. The van der Waals surface area contributed by atoms with Gasteiger partial charge in [-0.15, -0.1) is 0 Å². The van der Waals surface area contributed by atoms with Crippen molar-refractivity contribution in [1.82, 2.24) is 4.90 Å². The maximum Gasteiger partial charge on any atom is 0.308 e. The second-order valence-corrected chi connectivity index (χ2v) is 3.21. The highest BCUT2D eigenvalue weighted by molar-refractivity contribution is 5.77. The number of hydrogen-bond acceptors (Lipinski definition) is 3. The number of hydrogen-bond donors (Lipinski definition) is 2. The van der Waals surface area contributed by atoms with Crippen molar-refractivity contribution in [2.75, 3.05) is 19.6 Å². The summed E-state index contributed by atoms with van der Waals surface area (Å²) in [4.78, 5) is 23.5. The molecule has 3 N–H and O–H groups in total. The maximum atomic E-state index is 11.4. The molecule has 0 fully saturated rings. The minimum absolute atomic E-state index is 0.0805. The van der Waals surface area contributed by atoms with Gasteiger partial charge in [0.25, 0.3) is 0 Å². The molecule has 0 aromatic heterocycles. The van der Waals surface area contributed by atoms with E-state index in [2.05, 4.69) is 0 Å². The van der Waals surface area contributed by atoms with E-state index in [1.165, 1.54) is 4.90 Å². The number of nitrogens with two attached hydrogens (primary N) is 1. The Bertz CT molecular complexity index is 206. The third-order valence-electron chi connectivity index (χ3n) is 2.01. The van der Waals surface area contributed by atoms with Crippen LogP contribution in [0.3, 0.4) is 0 Å². The first-order chi connectivity index (χ1) is 6.52. The van der Waals surface area contributed by atoms with Crippen molar-refractivity contribution in [1.29, 1.82) is 0 Å². The summed E-state index contributed by atoms with van der Waals surface area (Å²) in [5, 5.41) is 8.68. The molecule has 0 heterocycles. The molecule has 0 aliphatic heterocycles. The lowest BCUT2D eigenvalue weighted by Crippen LogP contribution is -2.37. The first-order valence-electron chi connectivity index (χ1n) is 4.73. The van der Waals surface area contributed by atoms with Gasteiger partial charge in [-0.05, 0) is 6.92 Å². The molecule has 0 bridgehead atoms. The lowest BCUT2D eigenvalue weighted by Gasteiger charge is -2.22. The van der Waals surface area contributed by atoms with Crippen molar-refractivity contribution < 1.29 is 14.7 Å². The topological polar surface area (TPSA) is 83.6 Å². The molecular weight excluding hydrogens is 184 g/mol. The highest BCUT2D eigenvalue weighted by Crippen LogP contribution is 2.02. The van der Waals surface area contributed by atoms with Crippen molar-refractivity contribution in [3.63, 3.8) is 0 Å². The molecule has 14 heavy (non-hydrogen) atoms. The standard InChI is InChI=1S/C9H18N2O3/c1-3-11(8(12)4-5-10)6-7(2)9(13)14/h7H,3-6,10H2,1-2H3,(H,13,14). The molecule has 0 spiro atoms. The van der Waals surface area contributed by atoms with Crippen molar-refractivity contribution in [2.45, 2.75) is 20.3 Å². The van der Waals surface area contributed by atoms with Crippen molar-refractivity contribution in [3.8, 4) is 0 Å². The van der Waals surface area contributed by atoms with E-state index in [1.54, 1.807) is 6.92 Å². The molecule has 0 saturated heterocycles. The SMILES string of the molecule is CCN(CC(C)C(=O)O)C(=O)CCN. The fourth-order valence-electron chi connectivity index (χ4n) is 1.10. The highest BCUT2D eigenvalue weighted by atomic mass is 16.4. The summed E-state index contributed by atoms with van der Waals surface area (Å²) in [6.07, 6.45) is 0.278. The van der Waals surface area contributed by atoms with Crippen LogP contribution in [0.5, 0.6) is 0 Å². The van der Waals surface area contributed by atoms with Gasteiger partial charge in [0.05, 0.1) is 5.92 Å². The monoisotopic (exact) mass is 202 g/mol. The van der Waals surface area contributed by atoms with E-state index in [0.29, 0.717) is 13.1 Å². The van der Waals surface area contributed by atoms with Gasteiger partial charge in [-0.1, -0.05) is 6.92 Å². The number of aliphatic carboxylic acids is 1. The van der Waals surface area contributed by atoms with Gasteiger partial charge in [-0.3, -0.25) is 9.59 Å². The minimum Gasteiger partial charge on any atom is -0.481 e. The lowest BCUT2D eigenvalue weighted by atomic mass is 10.1. The Balaban J connectivity index is 4.14. The number of carboxylic acid groups (broad SMARTS) is 1. The Morgan fingerprint density at radius 1 is 1.50 bits per heavy atom. The van der Waals surface area contributed by atoms with Crippen molar-refractivity contribution in [3.05, 3.63) is 0 Å². The number of carbonyl (C=O) groups is 2. The first kappa shape index (κ1) is 12.9. The van der Waals surface area contributed by atoms with Crippen LogP contribution in [-0.2, 0) is 9.59 Å². The molecule has 1 atom stereocenters. The van der Waals surface area contributed by atoms with E-state index in [9.17, 15) is 9.59 Å². The van der Waals surface area contributed by atoms with E-state index in [4.69, 9.17) is 10.8 Å². The number of amides is 1. The Hall–Kier alpha value is -1.10. The molecule has 5 nitrogen and oxygen atoms in total. The first-order valence-corrected chi connectivity index (χ1v) is 4.73. The van der Waals surface area contributed by atoms with E-state index in [0.717, 1.165) is 0 Å². The Labute approximate surface area is 83.9 Å². The predicted octanol–water partition coefficient (Wildman–Crippen LogP) is -0.0956. The third-order valence-corrected chi connectivity index (χ3v) is 2.01. The van der Waals surface area contributed by atoms with Crippen LogP contribution in [0.25, 0.3) is 0 Å². The maximum absolute atomic E-state index is 11.4. The number of carbonyl (C=O) groups excluding carboxylic acids is 1. The molecular formula is C9H18N2O3.